The molecule has 180 valence electrons. The number of aliphatic hydroxyl groups excluding tert-OH is 1. The summed E-state index contributed by atoms with van der Waals surface area (Å²) >= 11 is 0. The number of carboxylic acid groups (broad SMARTS) is 1. The van der Waals surface area contributed by atoms with Crippen LogP contribution in [0.5, 0.6) is 0 Å². The van der Waals surface area contributed by atoms with E-state index in [9.17, 15) is 15.0 Å². The molecule has 5 nitrogen and oxygen atoms in total. The van der Waals surface area contributed by atoms with Crippen LogP contribution in [0, 0.1) is 0 Å². The Morgan fingerprint density at radius 1 is 0.844 bits per heavy atom. The minimum Gasteiger partial charge on any atom is -0.546 e. The van der Waals surface area contributed by atoms with Crippen LogP contribution in [0.3, 0.4) is 0 Å². The van der Waals surface area contributed by atoms with Crippen LogP contribution in [0.4, 0.5) is 0 Å². The van der Waals surface area contributed by atoms with Gasteiger partial charge in [0.05, 0.1) is 33.2 Å². The Kier molecular flexibility index (Phi) is 14.9. The lowest BCUT2D eigenvalue weighted by atomic mass is 9.86. The number of aliphatic hydroxyl groups is 2. The molecule has 0 aliphatic heterocycles. The summed E-state index contributed by atoms with van der Waals surface area (Å²) in [6.07, 6.45) is 8.14. The molecule has 0 aliphatic rings. The molecule has 0 aromatic heterocycles. The van der Waals surface area contributed by atoms with Gasteiger partial charge < -0.3 is 24.6 Å². The lowest BCUT2D eigenvalue weighted by Crippen LogP contribution is -2.46. The van der Waals surface area contributed by atoms with Gasteiger partial charge in [-0.2, -0.15) is 0 Å². The van der Waals surface area contributed by atoms with Crippen molar-refractivity contribution in [3.8, 4) is 0 Å². The summed E-state index contributed by atoms with van der Waals surface area (Å²) < 4.78 is 0.963. The number of unbranched alkanes of at least 4 members (excludes halogenated alkanes) is 5. The molecule has 2 aromatic carbocycles. The van der Waals surface area contributed by atoms with Crippen molar-refractivity contribution in [2.75, 3.05) is 33.8 Å². The Balaban J connectivity index is 0.000000596. The first-order valence-electron chi connectivity index (χ1n) is 11.3. The van der Waals surface area contributed by atoms with Crippen LogP contribution in [-0.4, -0.2) is 54.5 Å². The van der Waals surface area contributed by atoms with E-state index in [0.29, 0.717) is 6.61 Å². The number of rotatable bonds is 12. The molecular weight excluding hydrogens is 426 g/mol. The number of nitrogens with zero attached hydrogens (tertiary/aromatic N) is 1. The van der Waals surface area contributed by atoms with Gasteiger partial charge in [-0.1, -0.05) is 93.3 Å². The number of carbonyl (C=O) groups is 1. The number of hydrogen-bond donors (Lipinski definition) is 2. The largest absolute Gasteiger partial charge is 0.546 e. The molecule has 0 bridgehead atoms. The van der Waals surface area contributed by atoms with Gasteiger partial charge in [0.1, 0.15) is 6.54 Å². The molecule has 0 fully saturated rings. The Hall–Kier alpha value is -1.92. The summed E-state index contributed by atoms with van der Waals surface area (Å²) in [4.78, 5) is 11.3. The van der Waals surface area contributed by atoms with Gasteiger partial charge in [0.2, 0.25) is 0 Å². The van der Waals surface area contributed by atoms with Crippen molar-refractivity contribution < 1.29 is 24.6 Å². The molecule has 2 rings (SSSR count). The monoisotopic (exact) mass is 465 g/mol. The number of halogens is 1. The fraction of sp³-hybridized carbons (Fsp3) is 0.500. The van der Waals surface area contributed by atoms with Gasteiger partial charge in [-0.05, 0) is 24.0 Å². The van der Waals surface area contributed by atoms with Gasteiger partial charge in [0, 0.05) is 0 Å². The van der Waals surface area contributed by atoms with Crippen molar-refractivity contribution >= 4 is 18.4 Å². The van der Waals surface area contributed by atoms with Crippen LogP contribution < -0.4 is 5.11 Å². The van der Waals surface area contributed by atoms with Crippen LogP contribution in [0.1, 0.15) is 56.6 Å². The third-order valence-corrected chi connectivity index (χ3v) is 5.50. The molecule has 2 aromatic rings. The van der Waals surface area contributed by atoms with E-state index in [1.165, 1.54) is 45.1 Å². The number of carbonyl (C=O) groups excluding carboxylic acids is 1. The second-order valence-corrected chi connectivity index (χ2v) is 8.60. The highest BCUT2D eigenvalue weighted by Crippen LogP contribution is 2.28. The van der Waals surface area contributed by atoms with Crippen molar-refractivity contribution in [2.45, 2.75) is 51.0 Å². The number of benzene rings is 2. The summed E-state index contributed by atoms with van der Waals surface area (Å²) in [6, 6.07) is 16.4. The Morgan fingerprint density at radius 2 is 1.28 bits per heavy atom. The summed E-state index contributed by atoms with van der Waals surface area (Å²) in [5.74, 6) is -1.53. The smallest absolute Gasteiger partial charge is 0.154 e. The zero-order valence-electron chi connectivity index (χ0n) is 19.7. The quantitative estimate of drug-likeness (QED) is 0.371. The predicted octanol–water partition coefficient (Wildman–Crippen LogP) is 3.51. The van der Waals surface area contributed by atoms with Gasteiger partial charge in [0.15, 0.2) is 5.60 Å². The third kappa shape index (κ3) is 10.1. The average molecular weight is 466 g/mol. The molecule has 0 saturated heterocycles. The van der Waals surface area contributed by atoms with Gasteiger partial charge in [-0.3, -0.25) is 0 Å². The molecule has 0 amide bonds. The Morgan fingerprint density at radius 3 is 1.69 bits per heavy atom. The maximum Gasteiger partial charge on any atom is 0.154 e. The van der Waals surface area contributed by atoms with E-state index in [2.05, 4.69) is 21.0 Å². The van der Waals surface area contributed by atoms with Gasteiger partial charge >= 0.3 is 0 Å². The first kappa shape index (κ1) is 30.1. The molecule has 0 aliphatic carbocycles. The van der Waals surface area contributed by atoms with Gasteiger partial charge in [-0.25, -0.2) is 0 Å². The number of aliphatic carboxylic acids is 1. The van der Waals surface area contributed by atoms with Crippen molar-refractivity contribution in [2.24, 2.45) is 0 Å². The molecule has 32 heavy (non-hydrogen) atoms. The summed E-state index contributed by atoms with van der Waals surface area (Å²) in [5.41, 5.74) is -1.54. The lowest BCUT2D eigenvalue weighted by Gasteiger charge is -2.30. The summed E-state index contributed by atoms with van der Waals surface area (Å²) in [5, 5.41) is 30.5. The van der Waals surface area contributed by atoms with Crippen molar-refractivity contribution in [3.63, 3.8) is 0 Å². The van der Waals surface area contributed by atoms with Gasteiger partial charge in [0.25, 0.3) is 0 Å². The third-order valence-electron chi connectivity index (χ3n) is 5.50. The minimum atomic E-state index is -2.11. The average Bonchev–Trinajstić information content (AvgIpc) is 2.77. The number of quaternary nitrogens is 1. The van der Waals surface area contributed by atoms with Gasteiger partial charge in [-0.15, -0.1) is 12.4 Å². The second-order valence-electron chi connectivity index (χ2n) is 8.60. The highest BCUT2D eigenvalue weighted by Gasteiger charge is 2.32. The highest BCUT2D eigenvalue weighted by molar-refractivity contribution is 5.85. The van der Waals surface area contributed by atoms with Crippen LogP contribution >= 0.6 is 12.4 Å². The molecule has 0 unspecified atom stereocenters. The van der Waals surface area contributed by atoms with Crippen LogP contribution in [0.15, 0.2) is 60.7 Å². The normalized spacial score (nSPS) is 11.2. The predicted molar refractivity (Wildman–Crippen MR) is 130 cm³/mol. The van der Waals surface area contributed by atoms with Crippen molar-refractivity contribution in [1.29, 1.82) is 0 Å². The zero-order chi connectivity index (χ0) is 23.2. The van der Waals surface area contributed by atoms with Crippen LogP contribution in [0.25, 0.3) is 0 Å². The van der Waals surface area contributed by atoms with Crippen molar-refractivity contribution in [3.05, 3.63) is 71.8 Å². The van der Waals surface area contributed by atoms with E-state index in [-0.39, 0.29) is 23.5 Å². The highest BCUT2D eigenvalue weighted by atomic mass is 35.5. The van der Waals surface area contributed by atoms with E-state index < -0.39 is 11.6 Å². The van der Waals surface area contributed by atoms with Crippen LogP contribution in [-0.2, 0) is 10.4 Å². The molecule has 0 spiro atoms. The maximum atomic E-state index is 11.3. The van der Waals surface area contributed by atoms with E-state index in [4.69, 9.17) is 5.11 Å². The SMILES string of the molecule is CCCCCCCC[N+](C)(C)CCO.Cl.O=C([O-])C(O)(c1ccccc1)c1ccccc1. The number of hydrogen-bond acceptors (Lipinski definition) is 4. The number of likely N-dealkylation sites (N-methyl/N-ethyl adjacent to an activating group) is 1. The molecule has 0 atom stereocenters. The standard InChI is InChI=1S/C14H12O3.C12H28NO.ClH/c15-13(16)14(17,11-7-3-1-4-8-11)12-9-5-2-6-10-12;1-4-5-6-7-8-9-10-13(2,3)11-12-14;/h1-10,17H,(H,15,16);14H,4-12H2,1-3H3;1H/q;+1;/p-1. The second kappa shape index (κ2) is 15.8. The fourth-order valence-corrected chi connectivity index (χ4v) is 3.46. The Labute approximate surface area is 199 Å². The number of carboxylic acids is 1. The summed E-state index contributed by atoms with van der Waals surface area (Å²) in [7, 11) is 4.39. The van der Waals surface area contributed by atoms with E-state index >= 15 is 0 Å². The lowest BCUT2D eigenvalue weighted by molar-refractivity contribution is -0.890. The molecule has 2 N–H and O–H groups in total. The molecule has 0 saturated carbocycles. The van der Waals surface area contributed by atoms with E-state index in [0.717, 1.165) is 11.0 Å². The van der Waals surface area contributed by atoms with E-state index in [1.54, 1.807) is 60.7 Å². The molecule has 0 heterocycles. The molecular formula is C26H40ClNO4. The summed E-state index contributed by atoms with van der Waals surface area (Å²) in [6.45, 7) is 4.64. The first-order chi connectivity index (χ1) is 14.8. The minimum absolute atomic E-state index is 0. The van der Waals surface area contributed by atoms with E-state index in [1.807, 2.05) is 0 Å². The Bertz CT molecular complexity index is 699. The molecule has 0 radical (unpaired) electrons. The topological polar surface area (TPSA) is 80.6 Å². The fourth-order valence-electron chi connectivity index (χ4n) is 3.46. The first-order valence-corrected chi connectivity index (χ1v) is 11.3. The zero-order valence-corrected chi connectivity index (χ0v) is 20.5. The van der Waals surface area contributed by atoms with Crippen LogP contribution in [0.2, 0.25) is 0 Å². The van der Waals surface area contributed by atoms with Crippen molar-refractivity contribution in [1.82, 2.24) is 0 Å². The maximum absolute atomic E-state index is 11.3. The molecule has 6 heteroatoms.